The Morgan fingerprint density at radius 3 is 2.93 bits per heavy atom. The first kappa shape index (κ1) is 11.5. The number of rotatable bonds is 5. The second-order valence-electron chi connectivity index (χ2n) is 3.08. The molecule has 0 saturated heterocycles. The van der Waals surface area contributed by atoms with Crippen LogP contribution in [0.5, 0.6) is 0 Å². The molecule has 0 atom stereocenters. The van der Waals surface area contributed by atoms with Gasteiger partial charge in [-0.05, 0) is 19.9 Å². The molecule has 0 bridgehead atoms. The Balaban J connectivity index is 2.57. The molecule has 1 N–H and O–H groups in total. The summed E-state index contributed by atoms with van der Waals surface area (Å²) in [5.41, 5.74) is 0.775. The Morgan fingerprint density at radius 1 is 1.67 bits per heavy atom. The predicted octanol–water partition coefficient (Wildman–Crippen LogP) is 2.38. The standard InChI is InChI=1S/C11H14O4/c1-3-4-5-14-7-9-6-10(11(12)13)15-8(9)2/h3-4,6H,5,7H2,1-2H3,(H,12,13). The van der Waals surface area contributed by atoms with Crippen LogP contribution in [0.4, 0.5) is 0 Å². The van der Waals surface area contributed by atoms with E-state index in [1.807, 2.05) is 19.1 Å². The van der Waals surface area contributed by atoms with E-state index < -0.39 is 5.97 Å². The third-order valence-corrected chi connectivity index (χ3v) is 1.94. The molecule has 0 aliphatic rings. The van der Waals surface area contributed by atoms with Crippen molar-refractivity contribution in [3.63, 3.8) is 0 Å². The lowest BCUT2D eigenvalue weighted by Crippen LogP contribution is -1.93. The highest BCUT2D eigenvalue weighted by Gasteiger charge is 2.12. The smallest absolute Gasteiger partial charge is 0.371 e. The Kier molecular flexibility index (Phi) is 4.12. The average molecular weight is 210 g/mol. The van der Waals surface area contributed by atoms with E-state index >= 15 is 0 Å². The largest absolute Gasteiger partial charge is 0.475 e. The Morgan fingerprint density at radius 2 is 2.40 bits per heavy atom. The zero-order valence-corrected chi connectivity index (χ0v) is 8.82. The van der Waals surface area contributed by atoms with Gasteiger partial charge in [0, 0.05) is 5.56 Å². The summed E-state index contributed by atoms with van der Waals surface area (Å²) in [6.07, 6.45) is 3.78. The van der Waals surface area contributed by atoms with Crippen LogP contribution in [0.25, 0.3) is 0 Å². The summed E-state index contributed by atoms with van der Waals surface area (Å²) < 4.78 is 10.3. The number of carboxylic acid groups (broad SMARTS) is 1. The van der Waals surface area contributed by atoms with Crippen molar-refractivity contribution in [3.05, 3.63) is 35.3 Å². The minimum absolute atomic E-state index is 0.0443. The second kappa shape index (κ2) is 5.36. The second-order valence-corrected chi connectivity index (χ2v) is 3.08. The molecule has 0 aromatic carbocycles. The maximum Gasteiger partial charge on any atom is 0.371 e. The minimum Gasteiger partial charge on any atom is -0.475 e. The van der Waals surface area contributed by atoms with Crippen LogP contribution in [0.1, 0.15) is 28.8 Å². The third kappa shape index (κ3) is 3.25. The van der Waals surface area contributed by atoms with E-state index in [4.69, 9.17) is 14.3 Å². The van der Waals surface area contributed by atoms with Crippen LogP contribution in [-0.2, 0) is 11.3 Å². The molecule has 1 aromatic heterocycles. The molecule has 1 heterocycles. The number of hydrogen-bond acceptors (Lipinski definition) is 3. The fourth-order valence-corrected chi connectivity index (χ4v) is 1.10. The van der Waals surface area contributed by atoms with E-state index in [2.05, 4.69) is 0 Å². The highest BCUT2D eigenvalue weighted by molar-refractivity contribution is 5.84. The maximum absolute atomic E-state index is 10.6. The van der Waals surface area contributed by atoms with E-state index in [0.29, 0.717) is 19.0 Å². The quantitative estimate of drug-likeness (QED) is 0.598. The molecule has 0 fully saturated rings. The van der Waals surface area contributed by atoms with Gasteiger partial charge in [-0.3, -0.25) is 0 Å². The first-order valence-corrected chi connectivity index (χ1v) is 4.66. The summed E-state index contributed by atoms with van der Waals surface area (Å²) in [5.74, 6) is -0.511. The van der Waals surface area contributed by atoms with Gasteiger partial charge in [0.1, 0.15) is 5.76 Å². The number of aryl methyl sites for hydroxylation is 1. The monoisotopic (exact) mass is 210 g/mol. The molecule has 0 saturated carbocycles. The molecule has 0 spiro atoms. The van der Waals surface area contributed by atoms with E-state index in [-0.39, 0.29) is 5.76 Å². The van der Waals surface area contributed by atoms with Crippen LogP contribution < -0.4 is 0 Å². The molecule has 4 nitrogen and oxygen atoms in total. The molecular weight excluding hydrogens is 196 g/mol. The van der Waals surface area contributed by atoms with Crippen molar-refractivity contribution in [2.24, 2.45) is 0 Å². The van der Waals surface area contributed by atoms with Gasteiger partial charge in [0.05, 0.1) is 13.2 Å². The van der Waals surface area contributed by atoms with Crippen molar-refractivity contribution in [1.29, 1.82) is 0 Å². The van der Waals surface area contributed by atoms with E-state index in [0.717, 1.165) is 5.56 Å². The van der Waals surface area contributed by atoms with Crippen LogP contribution >= 0.6 is 0 Å². The summed E-state index contributed by atoms with van der Waals surface area (Å²) in [5, 5.41) is 8.69. The van der Waals surface area contributed by atoms with Crippen molar-refractivity contribution in [2.45, 2.75) is 20.5 Å². The Labute approximate surface area is 88.2 Å². The number of aromatic carboxylic acids is 1. The van der Waals surface area contributed by atoms with Gasteiger partial charge in [-0.25, -0.2) is 4.79 Å². The zero-order valence-electron chi connectivity index (χ0n) is 8.82. The van der Waals surface area contributed by atoms with Gasteiger partial charge in [0.2, 0.25) is 5.76 Å². The van der Waals surface area contributed by atoms with Gasteiger partial charge >= 0.3 is 5.97 Å². The van der Waals surface area contributed by atoms with Crippen LogP contribution in [0.3, 0.4) is 0 Å². The highest BCUT2D eigenvalue weighted by atomic mass is 16.5. The number of furan rings is 1. The molecule has 4 heteroatoms. The summed E-state index contributed by atoms with van der Waals surface area (Å²) in [6, 6.07) is 1.49. The molecule has 0 radical (unpaired) electrons. The van der Waals surface area contributed by atoms with Gasteiger partial charge in [0.15, 0.2) is 0 Å². The fourth-order valence-electron chi connectivity index (χ4n) is 1.10. The van der Waals surface area contributed by atoms with Crippen molar-refractivity contribution >= 4 is 5.97 Å². The van der Waals surface area contributed by atoms with Crippen LogP contribution in [0.15, 0.2) is 22.6 Å². The van der Waals surface area contributed by atoms with Crippen molar-refractivity contribution in [2.75, 3.05) is 6.61 Å². The minimum atomic E-state index is -1.06. The predicted molar refractivity (Wildman–Crippen MR) is 54.9 cm³/mol. The lowest BCUT2D eigenvalue weighted by atomic mass is 10.2. The lowest BCUT2D eigenvalue weighted by molar-refractivity contribution is 0.0661. The normalized spacial score (nSPS) is 11.1. The van der Waals surface area contributed by atoms with Gasteiger partial charge in [0.25, 0.3) is 0 Å². The number of hydrogen-bond donors (Lipinski definition) is 1. The highest BCUT2D eigenvalue weighted by Crippen LogP contribution is 2.15. The molecule has 15 heavy (non-hydrogen) atoms. The number of ether oxygens (including phenoxy) is 1. The average Bonchev–Trinajstić information content (AvgIpc) is 2.55. The van der Waals surface area contributed by atoms with E-state index in [1.54, 1.807) is 6.92 Å². The molecule has 0 amide bonds. The van der Waals surface area contributed by atoms with Gasteiger partial charge in [-0.2, -0.15) is 0 Å². The zero-order chi connectivity index (χ0) is 11.3. The SMILES string of the molecule is CC=CCOCc1cc(C(=O)O)oc1C. The number of allylic oxidation sites excluding steroid dienone is 1. The van der Waals surface area contributed by atoms with Crippen LogP contribution in [0, 0.1) is 6.92 Å². The Bertz CT molecular complexity index is 363. The number of carbonyl (C=O) groups is 1. The molecule has 0 unspecified atom stereocenters. The number of carboxylic acids is 1. The van der Waals surface area contributed by atoms with Crippen molar-refractivity contribution in [1.82, 2.24) is 0 Å². The Hall–Kier alpha value is -1.55. The van der Waals surface area contributed by atoms with E-state index in [9.17, 15) is 4.79 Å². The van der Waals surface area contributed by atoms with Gasteiger partial charge in [-0.15, -0.1) is 0 Å². The molecule has 1 aromatic rings. The maximum atomic E-state index is 10.6. The lowest BCUT2D eigenvalue weighted by Gasteiger charge is -1.98. The third-order valence-electron chi connectivity index (χ3n) is 1.94. The topological polar surface area (TPSA) is 59.7 Å². The summed E-state index contributed by atoms with van der Waals surface area (Å²) in [7, 11) is 0. The molecule has 0 aliphatic heterocycles. The first-order chi connectivity index (χ1) is 7.15. The van der Waals surface area contributed by atoms with Gasteiger partial charge in [-0.1, -0.05) is 12.2 Å². The first-order valence-electron chi connectivity index (χ1n) is 4.66. The molecule has 0 aliphatic carbocycles. The van der Waals surface area contributed by atoms with Gasteiger partial charge < -0.3 is 14.3 Å². The summed E-state index contributed by atoms with van der Waals surface area (Å²) in [4.78, 5) is 10.6. The van der Waals surface area contributed by atoms with Crippen molar-refractivity contribution in [3.8, 4) is 0 Å². The molecule has 1 rings (SSSR count). The molecular formula is C11H14O4. The van der Waals surface area contributed by atoms with Crippen LogP contribution in [-0.4, -0.2) is 17.7 Å². The van der Waals surface area contributed by atoms with E-state index in [1.165, 1.54) is 6.07 Å². The summed E-state index contributed by atoms with van der Waals surface area (Å²) in [6.45, 7) is 4.52. The fraction of sp³-hybridized carbons (Fsp3) is 0.364. The molecule has 82 valence electrons. The summed E-state index contributed by atoms with van der Waals surface area (Å²) >= 11 is 0. The van der Waals surface area contributed by atoms with Crippen LogP contribution in [0.2, 0.25) is 0 Å². The van der Waals surface area contributed by atoms with Crippen molar-refractivity contribution < 1.29 is 19.1 Å².